The summed E-state index contributed by atoms with van der Waals surface area (Å²) in [5, 5.41) is 3.08. The summed E-state index contributed by atoms with van der Waals surface area (Å²) in [5.41, 5.74) is 5.17. The summed E-state index contributed by atoms with van der Waals surface area (Å²) in [6.07, 6.45) is 5.28. The zero-order valence-corrected chi connectivity index (χ0v) is 22.7. The molecule has 1 aliphatic rings. The Hall–Kier alpha value is -3.32. The average Bonchev–Trinajstić information content (AvgIpc) is 2.91. The second-order valence-corrected chi connectivity index (χ2v) is 11.4. The molecule has 0 aliphatic heterocycles. The van der Waals surface area contributed by atoms with Gasteiger partial charge >= 0.3 is 0 Å². The number of benzene rings is 3. The van der Waals surface area contributed by atoms with Crippen LogP contribution in [0.4, 0.5) is 5.69 Å². The van der Waals surface area contributed by atoms with Crippen LogP contribution in [0.25, 0.3) is 0 Å². The number of amides is 1. The molecule has 0 bridgehead atoms. The fourth-order valence-corrected chi connectivity index (χ4v) is 6.21. The summed E-state index contributed by atoms with van der Waals surface area (Å²) in [6.45, 7) is 6.00. The molecule has 0 heterocycles. The largest absolute Gasteiger partial charge is 0.494 e. The molecule has 3 aromatic rings. The van der Waals surface area contributed by atoms with Gasteiger partial charge in [-0.1, -0.05) is 42.8 Å². The maximum atomic E-state index is 13.7. The van der Waals surface area contributed by atoms with Gasteiger partial charge in [0, 0.05) is 0 Å². The van der Waals surface area contributed by atoms with Crippen LogP contribution in [0.1, 0.15) is 61.4 Å². The SMILES string of the molecule is CCOc1ccc(N(CC(=O)N[C@@H](CC)c2ccc3c(c2)CCCC3)S(=O)(=O)c2ccc(C)cc2)cc1. The van der Waals surface area contributed by atoms with Gasteiger partial charge in [-0.3, -0.25) is 9.10 Å². The molecule has 1 N–H and O–H groups in total. The zero-order valence-electron chi connectivity index (χ0n) is 21.9. The van der Waals surface area contributed by atoms with E-state index in [-0.39, 0.29) is 23.4 Å². The lowest BCUT2D eigenvalue weighted by molar-refractivity contribution is -0.120. The lowest BCUT2D eigenvalue weighted by atomic mass is 9.89. The maximum absolute atomic E-state index is 13.7. The van der Waals surface area contributed by atoms with Crippen molar-refractivity contribution >= 4 is 21.6 Å². The lowest BCUT2D eigenvalue weighted by Gasteiger charge is -2.26. The van der Waals surface area contributed by atoms with Crippen LogP contribution in [0.2, 0.25) is 0 Å². The Morgan fingerprint density at radius 3 is 2.27 bits per heavy atom. The van der Waals surface area contributed by atoms with E-state index in [1.54, 1.807) is 48.5 Å². The van der Waals surface area contributed by atoms with Crippen molar-refractivity contribution < 1.29 is 17.9 Å². The monoisotopic (exact) mass is 520 g/mol. The first kappa shape index (κ1) is 26.7. The van der Waals surface area contributed by atoms with Crippen LogP contribution >= 0.6 is 0 Å². The Bertz CT molecular complexity index is 1320. The summed E-state index contributed by atoms with van der Waals surface area (Å²) >= 11 is 0. The Labute approximate surface area is 220 Å². The molecule has 196 valence electrons. The van der Waals surface area contributed by atoms with Gasteiger partial charge in [-0.15, -0.1) is 0 Å². The van der Waals surface area contributed by atoms with Crippen molar-refractivity contribution in [1.82, 2.24) is 5.32 Å². The van der Waals surface area contributed by atoms with Crippen LogP contribution in [-0.2, 0) is 27.7 Å². The normalized spacial score (nSPS) is 13.9. The molecule has 3 aromatic carbocycles. The third kappa shape index (κ3) is 6.34. The summed E-state index contributed by atoms with van der Waals surface area (Å²) in [4.78, 5) is 13.5. The van der Waals surface area contributed by atoms with E-state index in [9.17, 15) is 13.2 Å². The predicted molar refractivity (Wildman–Crippen MR) is 148 cm³/mol. The van der Waals surface area contributed by atoms with Gasteiger partial charge in [0.05, 0.1) is 23.2 Å². The highest BCUT2D eigenvalue weighted by molar-refractivity contribution is 7.92. The number of hydrogen-bond donors (Lipinski definition) is 1. The minimum Gasteiger partial charge on any atom is -0.494 e. The van der Waals surface area contributed by atoms with Crippen molar-refractivity contribution in [3.05, 3.63) is 89.0 Å². The van der Waals surface area contributed by atoms with Crippen LogP contribution in [0, 0.1) is 6.92 Å². The number of carbonyl (C=O) groups is 1. The molecule has 0 saturated carbocycles. The highest BCUT2D eigenvalue weighted by Gasteiger charge is 2.28. The topological polar surface area (TPSA) is 75.7 Å². The van der Waals surface area contributed by atoms with Crippen molar-refractivity contribution in [2.75, 3.05) is 17.5 Å². The molecule has 7 heteroatoms. The Kier molecular flexibility index (Phi) is 8.54. The molecule has 0 saturated heterocycles. The first-order chi connectivity index (χ1) is 17.8. The number of sulfonamides is 1. The number of nitrogens with one attached hydrogen (secondary N) is 1. The lowest BCUT2D eigenvalue weighted by Crippen LogP contribution is -2.42. The van der Waals surface area contributed by atoms with Gasteiger partial charge < -0.3 is 10.1 Å². The highest BCUT2D eigenvalue weighted by Crippen LogP contribution is 2.28. The zero-order chi connectivity index (χ0) is 26.4. The molecular weight excluding hydrogens is 484 g/mol. The fraction of sp³-hybridized carbons (Fsp3) is 0.367. The second kappa shape index (κ2) is 11.8. The Balaban J connectivity index is 1.59. The van der Waals surface area contributed by atoms with Crippen molar-refractivity contribution in [3.63, 3.8) is 0 Å². The minimum absolute atomic E-state index is 0.140. The van der Waals surface area contributed by atoms with Crippen molar-refractivity contribution in [3.8, 4) is 5.75 Å². The second-order valence-electron chi connectivity index (χ2n) is 9.52. The molecule has 0 spiro atoms. The van der Waals surface area contributed by atoms with Gasteiger partial charge in [0.2, 0.25) is 5.91 Å². The minimum atomic E-state index is -3.98. The number of ether oxygens (including phenoxy) is 1. The number of rotatable bonds is 10. The molecule has 1 atom stereocenters. The van der Waals surface area contributed by atoms with Gasteiger partial charge in [-0.25, -0.2) is 8.42 Å². The van der Waals surface area contributed by atoms with Gasteiger partial charge in [0.15, 0.2) is 0 Å². The molecule has 4 rings (SSSR count). The molecule has 6 nitrogen and oxygen atoms in total. The van der Waals surface area contributed by atoms with Crippen LogP contribution in [0.15, 0.2) is 71.6 Å². The van der Waals surface area contributed by atoms with Crippen LogP contribution < -0.4 is 14.4 Å². The van der Waals surface area contributed by atoms with E-state index in [1.165, 1.54) is 28.3 Å². The number of hydrogen-bond acceptors (Lipinski definition) is 4. The van der Waals surface area contributed by atoms with E-state index in [1.807, 2.05) is 20.8 Å². The third-order valence-corrected chi connectivity index (χ3v) is 8.64. The Morgan fingerprint density at radius 2 is 1.62 bits per heavy atom. The maximum Gasteiger partial charge on any atom is 0.264 e. The first-order valence-corrected chi connectivity index (χ1v) is 14.5. The highest BCUT2D eigenvalue weighted by atomic mass is 32.2. The van der Waals surface area contributed by atoms with Crippen molar-refractivity contribution in [1.29, 1.82) is 0 Å². The van der Waals surface area contributed by atoms with Gasteiger partial charge in [0.1, 0.15) is 12.3 Å². The van der Waals surface area contributed by atoms with E-state index in [0.29, 0.717) is 24.5 Å². The Morgan fingerprint density at radius 1 is 0.946 bits per heavy atom. The van der Waals surface area contributed by atoms with Crippen LogP contribution in [0.5, 0.6) is 5.75 Å². The summed E-state index contributed by atoms with van der Waals surface area (Å²) in [5.74, 6) is 0.288. The van der Waals surface area contributed by atoms with Gasteiger partial charge in [-0.2, -0.15) is 0 Å². The van der Waals surface area contributed by atoms with E-state index in [0.717, 1.165) is 24.0 Å². The molecule has 0 fully saturated rings. The number of aryl methyl sites for hydroxylation is 3. The van der Waals surface area contributed by atoms with Gasteiger partial charge in [0.25, 0.3) is 10.0 Å². The molecule has 0 unspecified atom stereocenters. The molecular formula is C30H36N2O4S. The average molecular weight is 521 g/mol. The van der Waals surface area contributed by atoms with E-state index >= 15 is 0 Å². The first-order valence-electron chi connectivity index (χ1n) is 13.0. The van der Waals surface area contributed by atoms with Crippen molar-refractivity contribution in [2.45, 2.75) is 63.8 Å². The van der Waals surface area contributed by atoms with E-state index in [4.69, 9.17) is 4.74 Å². The summed E-state index contributed by atoms with van der Waals surface area (Å²) in [7, 11) is -3.98. The molecule has 1 aliphatic carbocycles. The molecule has 0 radical (unpaired) electrons. The summed E-state index contributed by atoms with van der Waals surface area (Å²) < 4.78 is 34.1. The summed E-state index contributed by atoms with van der Waals surface area (Å²) in [6, 6.07) is 19.7. The molecule has 0 aromatic heterocycles. The van der Waals surface area contributed by atoms with Crippen molar-refractivity contribution in [2.24, 2.45) is 0 Å². The third-order valence-electron chi connectivity index (χ3n) is 6.85. The quantitative estimate of drug-likeness (QED) is 0.370. The van der Waals surface area contributed by atoms with E-state index in [2.05, 4.69) is 23.5 Å². The van der Waals surface area contributed by atoms with E-state index < -0.39 is 10.0 Å². The fourth-order valence-electron chi connectivity index (χ4n) is 4.79. The van der Waals surface area contributed by atoms with Gasteiger partial charge in [-0.05, 0) is 99.0 Å². The molecule has 1 amide bonds. The predicted octanol–water partition coefficient (Wildman–Crippen LogP) is 5.74. The number of nitrogens with zero attached hydrogens (tertiary/aromatic N) is 1. The number of carbonyl (C=O) groups excluding carboxylic acids is 1. The number of fused-ring (bicyclic) bond motifs is 1. The van der Waals surface area contributed by atoms with Crippen LogP contribution in [-0.4, -0.2) is 27.5 Å². The smallest absolute Gasteiger partial charge is 0.264 e. The van der Waals surface area contributed by atoms with Crippen LogP contribution in [0.3, 0.4) is 0 Å². The number of anilines is 1. The standard InChI is InChI=1S/C30H36N2O4S/c1-4-29(25-13-12-23-8-6-7-9-24(23)20-25)31-30(33)21-32(26-14-16-27(17-15-26)36-5-2)37(34,35)28-18-10-22(3)11-19-28/h10-20,29H,4-9,21H2,1-3H3,(H,31,33)/t29-/m0/s1. The molecule has 37 heavy (non-hydrogen) atoms.